The molecule has 0 atom stereocenters. The van der Waals surface area contributed by atoms with E-state index in [1.54, 1.807) is 0 Å². The second-order valence-electron chi connectivity index (χ2n) is 7.06. The van der Waals surface area contributed by atoms with Gasteiger partial charge in [0.05, 0.1) is 16.1 Å². The van der Waals surface area contributed by atoms with E-state index in [4.69, 9.17) is 4.74 Å². The lowest BCUT2D eigenvalue weighted by molar-refractivity contribution is -0.154. The Hall–Kier alpha value is -1.47. The minimum atomic E-state index is -0.931. The van der Waals surface area contributed by atoms with Crippen molar-refractivity contribution in [2.75, 3.05) is 19.8 Å². The van der Waals surface area contributed by atoms with Crippen LogP contribution in [0.5, 0.6) is 0 Å². The molecule has 1 saturated heterocycles. The van der Waals surface area contributed by atoms with Gasteiger partial charge >= 0.3 is 5.97 Å². The van der Waals surface area contributed by atoms with Crippen LogP contribution in [0.25, 0.3) is 0 Å². The number of carboxylic acid groups (broad SMARTS) is 1. The van der Waals surface area contributed by atoms with E-state index in [2.05, 4.69) is 31.1 Å². The minimum absolute atomic E-state index is 0.114. The van der Waals surface area contributed by atoms with Crippen LogP contribution in [0.3, 0.4) is 0 Å². The van der Waals surface area contributed by atoms with Gasteiger partial charge in [-0.1, -0.05) is 20.8 Å². The molecule has 1 aromatic rings. The van der Waals surface area contributed by atoms with Crippen LogP contribution in [-0.2, 0) is 14.9 Å². The molecule has 128 valence electrons. The average molecular weight is 340 g/mol. The van der Waals surface area contributed by atoms with Crippen LogP contribution >= 0.6 is 11.3 Å². The zero-order valence-electron chi connectivity index (χ0n) is 14.1. The number of carbonyl (C=O) groups is 2. The van der Waals surface area contributed by atoms with Crippen molar-refractivity contribution >= 4 is 23.2 Å². The van der Waals surface area contributed by atoms with E-state index >= 15 is 0 Å². The van der Waals surface area contributed by atoms with E-state index in [1.165, 1.54) is 11.3 Å². The van der Waals surface area contributed by atoms with E-state index in [-0.39, 0.29) is 17.9 Å². The number of carboxylic acids is 1. The minimum Gasteiger partial charge on any atom is -0.481 e. The van der Waals surface area contributed by atoms with E-state index in [1.807, 2.05) is 6.92 Å². The third-order valence-corrected chi connectivity index (χ3v) is 5.72. The van der Waals surface area contributed by atoms with Gasteiger partial charge < -0.3 is 15.2 Å². The summed E-state index contributed by atoms with van der Waals surface area (Å²) in [5.74, 6) is -1.12. The highest BCUT2D eigenvalue weighted by Gasteiger charge is 2.40. The standard InChI is InChI=1S/C16H24N2O4S/c1-10-11(23-13(18-10)15(2,3)4)12(19)17-9-16(14(20)21)5-7-22-8-6-16/h5-9H2,1-4H3,(H,17,19)(H,20,21). The van der Waals surface area contributed by atoms with Crippen LogP contribution in [0, 0.1) is 12.3 Å². The molecule has 1 aliphatic heterocycles. The molecule has 23 heavy (non-hydrogen) atoms. The van der Waals surface area contributed by atoms with Crippen LogP contribution in [-0.4, -0.2) is 41.7 Å². The van der Waals surface area contributed by atoms with Gasteiger partial charge in [-0.3, -0.25) is 9.59 Å². The number of thiazole rings is 1. The predicted molar refractivity (Wildman–Crippen MR) is 88.0 cm³/mol. The van der Waals surface area contributed by atoms with Crippen molar-refractivity contribution in [2.45, 2.75) is 46.0 Å². The van der Waals surface area contributed by atoms with Gasteiger partial charge in [0.15, 0.2) is 0 Å². The summed E-state index contributed by atoms with van der Waals surface area (Å²) in [5.41, 5.74) is -0.357. The van der Waals surface area contributed by atoms with Gasteiger partial charge in [0.2, 0.25) is 0 Å². The third kappa shape index (κ3) is 3.90. The Bertz CT molecular complexity index is 598. The maximum absolute atomic E-state index is 12.4. The highest BCUT2D eigenvalue weighted by atomic mass is 32.1. The van der Waals surface area contributed by atoms with Crippen LogP contribution in [0.4, 0.5) is 0 Å². The molecule has 6 nitrogen and oxygen atoms in total. The lowest BCUT2D eigenvalue weighted by atomic mass is 9.80. The number of aryl methyl sites for hydroxylation is 1. The molecule has 0 radical (unpaired) electrons. The first-order chi connectivity index (χ1) is 10.7. The Morgan fingerprint density at radius 2 is 1.96 bits per heavy atom. The zero-order chi connectivity index (χ0) is 17.3. The smallest absolute Gasteiger partial charge is 0.311 e. The Morgan fingerprint density at radius 3 is 2.43 bits per heavy atom. The topological polar surface area (TPSA) is 88.5 Å². The van der Waals surface area contributed by atoms with Crippen molar-refractivity contribution in [3.63, 3.8) is 0 Å². The lowest BCUT2D eigenvalue weighted by Gasteiger charge is -2.33. The van der Waals surface area contributed by atoms with Crippen molar-refractivity contribution in [1.82, 2.24) is 10.3 Å². The van der Waals surface area contributed by atoms with Gasteiger partial charge in [-0.25, -0.2) is 4.98 Å². The van der Waals surface area contributed by atoms with E-state index in [0.29, 0.717) is 36.6 Å². The molecule has 2 N–H and O–H groups in total. The molecule has 0 bridgehead atoms. The average Bonchev–Trinajstić information content (AvgIpc) is 2.88. The first-order valence-corrected chi connectivity index (χ1v) is 8.55. The highest BCUT2D eigenvalue weighted by Crippen LogP contribution is 2.31. The third-order valence-electron chi connectivity index (χ3n) is 4.14. The van der Waals surface area contributed by atoms with Gasteiger partial charge in [-0.05, 0) is 19.8 Å². The quantitative estimate of drug-likeness (QED) is 0.878. The molecule has 2 rings (SSSR count). The number of nitrogens with one attached hydrogen (secondary N) is 1. The maximum atomic E-state index is 12.4. The Kier molecular flexibility index (Phi) is 5.10. The van der Waals surface area contributed by atoms with Crippen LogP contribution in [0.1, 0.15) is 54.0 Å². The summed E-state index contributed by atoms with van der Waals surface area (Å²) in [6.45, 7) is 8.90. The van der Waals surface area contributed by atoms with E-state index in [9.17, 15) is 14.7 Å². The number of hydrogen-bond acceptors (Lipinski definition) is 5. The first-order valence-electron chi connectivity index (χ1n) is 7.73. The number of ether oxygens (including phenoxy) is 1. The molecule has 1 aromatic heterocycles. The van der Waals surface area contributed by atoms with Gasteiger partial charge in [0.25, 0.3) is 5.91 Å². The van der Waals surface area contributed by atoms with Crippen LogP contribution in [0.2, 0.25) is 0 Å². The molecule has 1 fully saturated rings. The fourth-order valence-corrected chi connectivity index (χ4v) is 3.53. The largest absolute Gasteiger partial charge is 0.481 e. The van der Waals surface area contributed by atoms with Crippen molar-refractivity contribution in [3.05, 3.63) is 15.6 Å². The van der Waals surface area contributed by atoms with E-state index < -0.39 is 11.4 Å². The summed E-state index contributed by atoms with van der Waals surface area (Å²) in [6, 6.07) is 0. The molecule has 0 aliphatic carbocycles. The summed E-state index contributed by atoms with van der Waals surface area (Å²) in [4.78, 5) is 29.1. The summed E-state index contributed by atoms with van der Waals surface area (Å²) < 4.78 is 5.24. The molecule has 2 heterocycles. The van der Waals surface area contributed by atoms with Crippen molar-refractivity contribution < 1.29 is 19.4 Å². The van der Waals surface area contributed by atoms with Crippen molar-refractivity contribution in [1.29, 1.82) is 0 Å². The second-order valence-corrected chi connectivity index (χ2v) is 8.06. The highest BCUT2D eigenvalue weighted by molar-refractivity contribution is 7.14. The predicted octanol–water partition coefficient (Wildman–Crippen LogP) is 2.36. The number of aliphatic carboxylic acids is 1. The van der Waals surface area contributed by atoms with E-state index in [0.717, 1.165) is 5.01 Å². The second kappa shape index (κ2) is 6.57. The molecule has 0 spiro atoms. The van der Waals surface area contributed by atoms with Gasteiger partial charge in [0.1, 0.15) is 4.88 Å². The zero-order valence-corrected chi connectivity index (χ0v) is 14.9. The van der Waals surface area contributed by atoms with Crippen molar-refractivity contribution in [2.24, 2.45) is 5.41 Å². The van der Waals surface area contributed by atoms with Gasteiger partial charge in [0, 0.05) is 25.2 Å². The van der Waals surface area contributed by atoms with Crippen molar-refractivity contribution in [3.8, 4) is 0 Å². The molecular formula is C16H24N2O4S. The fourth-order valence-electron chi connectivity index (χ4n) is 2.49. The molecule has 1 amide bonds. The SMILES string of the molecule is Cc1nc(C(C)(C)C)sc1C(=O)NCC1(C(=O)O)CCOCC1. The molecule has 0 saturated carbocycles. The molecule has 0 unspecified atom stereocenters. The maximum Gasteiger partial charge on any atom is 0.311 e. The Morgan fingerprint density at radius 1 is 1.35 bits per heavy atom. The molecule has 7 heteroatoms. The van der Waals surface area contributed by atoms with Crippen LogP contribution in [0.15, 0.2) is 0 Å². The molecule has 0 aromatic carbocycles. The first kappa shape index (κ1) is 17.9. The normalized spacial score (nSPS) is 17.7. The monoisotopic (exact) mass is 340 g/mol. The summed E-state index contributed by atoms with van der Waals surface area (Å²) in [6.07, 6.45) is 0.828. The number of rotatable bonds is 4. The molecule has 1 aliphatic rings. The fraction of sp³-hybridized carbons (Fsp3) is 0.688. The summed E-state index contributed by atoms with van der Waals surface area (Å²) in [7, 11) is 0. The van der Waals surface area contributed by atoms with Gasteiger partial charge in [-0.2, -0.15) is 0 Å². The lowest BCUT2D eigenvalue weighted by Crippen LogP contribution is -2.46. The Labute approximate surface area is 140 Å². The number of nitrogens with zero attached hydrogens (tertiary/aromatic N) is 1. The summed E-state index contributed by atoms with van der Waals surface area (Å²) >= 11 is 1.37. The Balaban J connectivity index is 2.10. The number of amides is 1. The number of hydrogen-bond donors (Lipinski definition) is 2. The van der Waals surface area contributed by atoms with Crippen LogP contribution < -0.4 is 5.32 Å². The molecular weight excluding hydrogens is 316 g/mol. The number of carbonyl (C=O) groups excluding carboxylic acids is 1. The van der Waals surface area contributed by atoms with Gasteiger partial charge in [-0.15, -0.1) is 11.3 Å². The number of aromatic nitrogens is 1. The summed E-state index contributed by atoms with van der Waals surface area (Å²) in [5, 5.41) is 13.2.